The zero-order valence-corrected chi connectivity index (χ0v) is 12.8. The summed E-state index contributed by atoms with van der Waals surface area (Å²) in [5.74, 6) is 0.550. The fourth-order valence-corrected chi connectivity index (χ4v) is 2.73. The van der Waals surface area contributed by atoms with Crippen LogP contribution in [0.1, 0.15) is 23.9 Å². The lowest BCUT2D eigenvalue weighted by molar-refractivity contribution is -0.123. The van der Waals surface area contributed by atoms with E-state index < -0.39 is 0 Å². The van der Waals surface area contributed by atoms with E-state index in [2.05, 4.69) is 15.4 Å². The highest BCUT2D eigenvalue weighted by molar-refractivity contribution is 6.04. The number of nitrogens with one attached hydrogen (secondary N) is 1. The van der Waals surface area contributed by atoms with Crippen LogP contribution < -0.4 is 5.32 Å². The second-order valence-electron chi connectivity index (χ2n) is 5.64. The summed E-state index contributed by atoms with van der Waals surface area (Å²) in [6.07, 6.45) is 3.70. The second-order valence-corrected chi connectivity index (χ2v) is 5.64. The summed E-state index contributed by atoms with van der Waals surface area (Å²) in [6.45, 7) is 7.17. The van der Waals surface area contributed by atoms with Crippen LogP contribution in [0.4, 0.5) is 4.79 Å². The Morgan fingerprint density at radius 2 is 2.09 bits per heavy atom. The Bertz CT molecular complexity index is 666. The molecule has 1 aromatic rings. The summed E-state index contributed by atoms with van der Waals surface area (Å²) in [4.78, 5) is 26.9. The monoisotopic (exact) mass is 302 g/mol. The third-order valence-electron chi connectivity index (χ3n) is 3.81. The minimum atomic E-state index is -0.375. The Balaban J connectivity index is 1.86. The molecule has 0 aromatic carbocycles. The Labute approximate surface area is 128 Å². The van der Waals surface area contributed by atoms with E-state index in [0.29, 0.717) is 12.2 Å². The zero-order valence-electron chi connectivity index (χ0n) is 12.8. The van der Waals surface area contributed by atoms with E-state index in [1.54, 1.807) is 0 Å². The lowest BCUT2D eigenvalue weighted by Crippen LogP contribution is -2.33. The standard InChI is InChI=1S/C15H18N4O3/c1-9-4-12(19-14(20)5-16-15(19)21)7-18(6-9)8-13-10(2)17-22-11(13)3/h4,7H,5-6,8H2,1-3H3,(H,16,21). The Morgan fingerprint density at radius 3 is 2.68 bits per heavy atom. The number of hydrogen-bond donors (Lipinski definition) is 1. The van der Waals surface area contributed by atoms with Crippen molar-refractivity contribution in [2.45, 2.75) is 27.3 Å². The van der Waals surface area contributed by atoms with Gasteiger partial charge in [-0.3, -0.25) is 4.79 Å². The van der Waals surface area contributed by atoms with Crippen molar-refractivity contribution in [3.8, 4) is 0 Å². The van der Waals surface area contributed by atoms with Gasteiger partial charge in [0.25, 0.3) is 5.91 Å². The number of urea groups is 1. The molecule has 0 spiro atoms. The van der Waals surface area contributed by atoms with Crippen molar-refractivity contribution in [1.82, 2.24) is 20.3 Å². The highest BCUT2D eigenvalue weighted by atomic mass is 16.5. The van der Waals surface area contributed by atoms with Gasteiger partial charge in [0.1, 0.15) is 5.76 Å². The van der Waals surface area contributed by atoms with Gasteiger partial charge < -0.3 is 14.7 Å². The molecular formula is C15H18N4O3. The van der Waals surface area contributed by atoms with E-state index in [1.807, 2.05) is 33.0 Å². The van der Waals surface area contributed by atoms with Gasteiger partial charge in [0.2, 0.25) is 0 Å². The van der Waals surface area contributed by atoms with Crippen molar-refractivity contribution < 1.29 is 14.1 Å². The maximum Gasteiger partial charge on any atom is 0.329 e. The normalized spacial score (nSPS) is 18.5. The highest BCUT2D eigenvalue weighted by Crippen LogP contribution is 2.23. The number of hydrogen-bond acceptors (Lipinski definition) is 5. The number of aromatic nitrogens is 1. The van der Waals surface area contributed by atoms with Gasteiger partial charge in [-0.25, -0.2) is 9.69 Å². The smallest absolute Gasteiger partial charge is 0.329 e. The van der Waals surface area contributed by atoms with Gasteiger partial charge in [0.15, 0.2) is 0 Å². The highest BCUT2D eigenvalue weighted by Gasteiger charge is 2.32. The van der Waals surface area contributed by atoms with Crippen molar-refractivity contribution in [3.63, 3.8) is 0 Å². The molecule has 0 aliphatic carbocycles. The SMILES string of the molecule is CC1=CC(N2C(=O)CNC2=O)=CN(Cc2c(C)noc2C)C1. The number of carbonyl (C=O) groups excluding carboxylic acids is 2. The van der Waals surface area contributed by atoms with Crippen LogP contribution >= 0.6 is 0 Å². The zero-order chi connectivity index (χ0) is 15.9. The summed E-state index contributed by atoms with van der Waals surface area (Å²) in [5, 5.41) is 6.49. The first-order valence-electron chi connectivity index (χ1n) is 7.11. The maximum absolute atomic E-state index is 11.9. The van der Waals surface area contributed by atoms with Crippen LogP contribution in [0, 0.1) is 13.8 Å². The molecule has 7 nitrogen and oxygen atoms in total. The first-order valence-corrected chi connectivity index (χ1v) is 7.11. The predicted octanol–water partition coefficient (Wildman–Crippen LogP) is 1.45. The molecule has 2 aliphatic rings. The van der Waals surface area contributed by atoms with Crippen LogP contribution in [0.5, 0.6) is 0 Å². The minimum Gasteiger partial charge on any atom is -0.367 e. The number of carbonyl (C=O) groups is 2. The van der Waals surface area contributed by atoms with Crippen molar-refractivity contribution in [3.05, 3.63) is 40.6 Å². The van der Waals surface area contributed by atoms with Gasteiger partial charge in [-0.2, -0.15) is 0 Å². The Hall–Kier alpha value is -2.57. The van der Waals surface area contributed by atoms with Gasteiger partial charge in [0.05, 0.1) is 17.9 Å². The van der Waals surface area contributed by atoms with Crippen molar-refractivity contribution in [2.24, 2.45) is 0 Å². The van der Waals surface area contributed by atoms with Crippen molar-refractivity contribution >= 4 is 11.9 Å². The van der Waals surface area contributed by atoms with E-state index >= 15 is 0 Å². The van der Waals surface area contributed by atoms with Crippen molar-refractivity contribution in [2.75, 3.05) is 13.1 Å². The number of amides is 3. The number of nitrogens with zero attached hydrogens (tertiary/aromatic N) is 3. The van der Waals surface area contributed by atoms with Gasteiger partial charge in [-0.05, 0) is 26.8 Å². The summed E-state index contributed by atoms with van der Waals surface area (Å²) >= 11 is 0. The number of imide groups is 1. The largest absolute Gasteiger partial charge is 0.367 e. The van der Waals surface area contributed by atoms with Crippen LogP contribution in [0.3, 0.4) is 0 Å². The lowest BCUT2D eigenvalue weighted by Gasteiger charge is -2.28. The summed E-state index contributed by atoms with van der Waals surface area (Å²) in [5.41, 5.74) is 3.56. The van der Waals surface area contributed by atoms with Crippen molar-refractivity contribution in [1.29, 1.82) is 0 Å². The second kappa shape index (κ2) is 5.32. The number of rotatable bonds is 3. The molecule has 0 bridgehead atoms. The Morgan fingerprint density at radius 1 is 1.32 bits per heavy atom. The topological polar surface area (TPSA) is 78.7 Å². The quantitative estimate of drug-likeness (QED) is 0.855. The molecule has 2 aliphatic heterocycles. The molecule has 22 heavy (non-hydrogen) atoms. The van der Waals surface area contributed by atoms with Gasteiger partial charge in [0, 0.05) is 24.9 Å². The number of allylic oxidation sites excluding steroid dienone is 1. The molecule has 3 heterocycles. The van der Waals surface area contributed by atoms with Crippen LogP contribution in [0.15, 0.2) is 28.1 Å². The van der Waals surface area contributed by atoms with E-state index in [4.69, 9.17) is 4.52 Å². The van der Waals surface area contributed by atoms with E-state index in [-0.39, 0.29) is 18.5 Å². The molecule has 0 radical (unpaired) electrons. The van der Waals surface area contributed by atoms with Crippen LogP contribution in [0.25, 0.3) is 0 Å². The molecule has 0 unspecified atom stereocenters. The third kappa shape index (κ3) is 2.49. The van der Waals surface area contributed by atoms with E-state index in [1.165, 1.54) is 4.90 Å². The summed E-state index contributed by atoms with van der Waals surface area (Å²) in [7, 11) is 0. The fourth-order valence-electron chi connectivity index (χ4n) is 2.73. The molecular weight excluding hydrogens is 284 g/mol. The molecule has 7 heteroatoms. The molecule has 0 saturated carbocycles. The van der Waals surface area contributed by atoms with Crippen LogP contribution in [-0.4, -0.2) is 40.0 Å². The average molecular weight is 302 g/mol. The summed E-state index contributed by atoms with van der Waals surface area (Å²) in [6, 6.07) is -0.375. The minimum absolute atomic E-state index is 0.0485. The molecule has 0 atom stereocenters. The number of aryl methyl sites for hydroxylation is 2. The van der Waals surface area contributed by atoms with Crippen LogP contribution in [-0.2, 0) is 11.3 Å². The molecule has 1 saturated heterocycles. The molecule has 3 rings (SSSR count). The predicted molar refractivity (Wildman–Crippen MR) is 78.5 cm³/mol. The third-order valence-corrected chi connectivity index (χ3v) is 3.81. The average Bonchev–Trinajstić information content (AvgIpc) is 2.95. The molecule has 1 fully saturated rings. The Kier molecular flexibility index (Phi) is 3.48. The first-order chi connectivity index (χ1) is 10.5. The molecule has 3 amide bonds. The maximum atomic E-state index is 11.9. The van der Waals surface area contributed by atoms with Gasteiger partial charge >= 0.3 is 6.03 Å². The van der Waals surface area contributed by atoms with Gasteiger partial charge in [-0.1, -0.05) is 10.7 Å². The van der Waals surface area contributed by atoms with E-state index in [9.17, 15) is 9.59 Å². The fraction of sp³-hybridized carbons (Fsp3) is 0.400. The van der Waals surface area contributed by atoms with Crippen LogP contribution in [0.2, 0.25) is 0 Å². The van der Waals surface area contributed by atoms with Gasteiger partial charge in [-0.15, -0.1) is 0 Å². The molecule has 1 aromatic heterocycles. The lowest BCUT2D eigenvalue weighted by atomic mass is 10.1. The van der Waals surface area contributed by atoms with E-state index in [0.717, 1.165) is 29.1 Å². The summed E-state index contributed by atoms with van der Waals surface area (Å²) < 4.78 is 5.18. The first kappa shape index (κ1) is 14.4. The molecule has 116 valence electrons. The molecule has 1 N–H and O–H groups in total.